The van der Waals surface area contributed by atoms with Gasteiger partial charge in [0, 0.05) is 19.0 Å². The largest absolute Gasteiger partial charge is 0.494 e. The third kappa shape index (κ3) is 4.43. The van der Waals surface area contributed by atoms with Gasteiger partial charge in [-0.15, -0.1) is 0 Å². The summed E-state index contributed by atoms with van der Waals surface area (Å²) in [6, 6.07) is 5.29. The van der Waals surface area contributed by atoms with Crippen molar-refractivity contribution in [2.75, 3.05) is 13.7 Å². The highest BCUT2D eigenvalue weighted by molar-refractivity contribution is 5.66. The molecule has 0 bridgehead atoms. The van der Waals surface area contributed by atoms with Crippen LogP contribution in [0.1, 0.15) is 37.7 Å². The molecule has 1 aromatic carbocycles. The number of ether oxygens (including phenoxy) is 1. The highest BCUT2D eigenvalue weighted by Gasteiger charge is 2.23. The zero-order chi connectivity index (χ0) is 15.2. The summed E-state index contributed by atoms with van der Waals surface area (Å²) in [5.41, 5.74) is 0.899. The van der Waals surface area contributed by atoms with Gasteiger partial charge >= 0.3 is 5.97 Å². The van der Waals surface area contributed by atoms with Gasteiger partial charge in [0.15, 0.2) is 11.6 Å². The predicted molar refractivity (Wildman–Crippen MR) is 77.9 cm³/mol. The van der Waals surface area contributed by atoms with Crippen LogP contribution in [0, 0.1) is 5.82 Å². The van der Waals surface area contributed by atoms with Gasteiger partial charge in [-0.05, 0) is 43.5 Å². The van der Waals surface area contributed by atoms with Crippen molar-refractivity contribution in [2.24, 2.45) is 0 Å². The molecule has 5 heteroatoms. The van der Waals surface area contributed by atoms with Gasteiger partial charge in [0.1, 0.15) is 0 Å². The molecule has 0 amide bonds. The third-order valence-electron chi connectivity index (χ3n) is 4.04. The normalized spacial score (nSPS) is 19.4. The summed E-state index contributed by atoms with van der Waals surface area (Å²) in [6.45, 7) is 1.60. The van der Waals surface area contributed by atoms with Gasteiger partial charge in [-0.1, -0.05) is 12.5 Å². The van der Waals surface area contributed by atoms with Gasteiger partial charge in [-0.3, -0.25) is 9.69 Å². The first-order valence-electron chi connectivity index (χ1n) is 7.38. The summed E-state index contributed by atoms with van der Waals surface area (Å²) in [7, 11) is 1.45. The number of aliphatic carboxylic acids is 1. The SMILES string of the molecule is COc1ccc(CN2CCCCC2CCC(=O)O)cc1F. The molecule has 2 rings (SSSR count). The molecule has 1 saturated heterocycles. The maximum atomic E-state index is 13.7. The zero-order valence-electron chi connectivity index (χ0n) is 12.3. The smallest absolute Gasteiger partial charge is 0.303 e. The third-order valence-corrected chi connectivity index (χ3v) is 4.04. The molecular formula is C16H22FNO3. The Bertz CT molecular complexity index is 492. The van der Waals surface area contributed by atoms with Crippen molar-refractivity contribution in [3.8, 4) is 5.75 Å². The molecule has 1 heterocycles. The van der Waals surface area contributed by atoms with Crippen molar-refractivity contribution < 1.29 is 19.0 Å². The molecule has 1 atom stereocenters. The van der Waals surface area contributed by atoms with Crippen molar-refractivity contribution >= 4 is 5.97 Å². The monoisotopic (exact) mass is 295 g/mol. The van der Waals surface area contributed by atoms with Crippen LogP contribution in [0.4, 0.5) is 4.39 Å². The van der Waals surface area contributed by atoms with E-state index in [-0.39, 0.29) is 24.0 Å². The zero-order valence-corrected chi connectivity index (χ0v) is 12.3. The van der Waals surface area contributed by atoms with Gasteiger partial charge in [-0.25, -0.2) is 4.39 Å². The van der Waals surface area contributed by atoms with Crippen molar-refractivity contribution in [2.45, 2.75) is 44.7 Å². The highest BCUT2D eigenvalue weighted by atomic mass is 19.1. The van der Waals surface area contributed by atoms with Crippen molar-refractivity contribution in [3.63, 3.8) is 0 Å². The first kappa shape index (κ1) is 15.8. The Hall–Kier alpha value is -1.62. The quantitative estimate of drug-likeness (QED) is 0.876. The van der Waals surface area contributed by atoms with E-state index in [4.69, 9.17) is 9.84 Å². The number of methoxy groups -OCH3 is 1. The number of rotatable bonds is 6. The Balaban J connectivity index is 2.01. The molecule has 0 saturated carbocycles. The first-order valence-corrected chi connectivity index (χ1v) is 7.38. The maximum Gasteiger partial charge on any atom is 0.303 e. The van der Waals surface area contributed by atoms with Crippen LogP contribution in [-0.4, -0.2) is 35.7 Å². The number of hydrogen-bond donors (Lipinski definition) is 1. The van der Waals surface area contributed by atoms with Gasteiger partial charge in [0.2, 0.25) is 0 Å². The molecule has 1 aromatic rings. The first-order chi connectivity index (χ1) is 10.1. The molecule has 116 valence electrons. The van der Waals surface area contributed by atoms with E-state index in [1.165, 1.54) is 13.2 Å². The van der Waals surface area contributed by atoms with Gasteiger partial charge in [0.05, 0.1) is 7.11 Å². The van der Waals surface area contributed by atoms with E-state index in [9.17, 15) is 9.18 Å². The number of likely N-dealkylation sites (tertiary alicyclic amines) is 1. The standard InChI is InChI=1S/C16H22FNO3/c1-21-15-7-5-12(10-14(15)17)11-18-9-3-2-4-13(18)6-8-16(19)20/h5,7,10,13H,2-4,6,8-9,11H2,1H3,(H,19,20). The lowest BCUT2D eigenvalue weighted by Gasteiger charge is -2.35. The van der Waals surface area contributed by atoms with E-state index in [0.29, 0.717) is 13.0 Å². The molecule has 21 heavy (non-hydrogen) atoms. The summed E-state index contributed by atoms with van der Waals surface area (Å²) >= 11 is 0. The highest BCUT2D eigenvalue weighted by Crippen LogP contribution is 2.25. The number of nitrogens with zero attached hydrogens (tertiary/aromatic N) is 1. The van der Waals surface area contributed by atoms with E-state index >= 15 is 0 Å². The summed E-state index contributed by atoms with van der Waals surface area (Å²) in [4.78, 5) is 13.0. The fourth-order valence-corrected chi connectivity index (χ4v) is 2.93. The van der Waals surface area contributed by atoms with Crippen molar-refractivity contribution in [3.05, 3.63) is 29.6 Å². The molecule has 0 spiro atoms. The molecule has 1 N–H and O–H groups in total. The number of hydrogen-bond acceptors (Lipinski definition) is 3. The molecule has 0 radical (unpaired) electrons. The summed E-state index contributed by atoms with van der Waals surface area (Å²) in [5.74, 6) is -0.857. The van der Waals surface area contributed by atoms with Crippen LogP contribution in [0.5, 0.6) is 5.75 Å². The minimum Gasteiger partial charge on any atom is -0.494 e. The lowest BCUT2D eigenvalue weighted by atomic mass is 9.97. The second kappa shape index (κ2) is 7.41. The van der Waals surface area contributed by atoms with Crippen LogP contribution in [0.15, 0.2) is 18.2 Å². The minimum atomic E-state index is -0.754. The van der Waals surface area contributed by atoms with Crippen molar-refractivity contribution in [1.82, 2.24) is 4.90 Å². The average molecular weight is 295 g/mol. The molecule has 1 unspecified atom stereocenters. The molecule has 0 aromatic heterocycles. The Labute approximate surface area is 124 Å². The van der Waals surface area contributed by atoms with Gasteiger partial charge in [0.25, 0.3) is 0 Å². The fraction of sp³-hybridized carbons (Fsp3) is 0.562. The predicted octanol–water partition coefficient (Wildman–Crippen LogP) is 3.05. The van der Waals surface area contributed by atoms with Gasteiger partial charge < -0.3 is 9.84 Å². The van der Waals surface area contributed by atoms with E-state index in [0.717, 1.165) is 31.4 Å². The van der Waals surface area contributed by atoms with Crippen LogP contribution in [-0.2, 0) is 11.3 Å². The Morgan fingerprint density at radius 2 is 2.29 bits per heavy atom. The maximum absolute atomic E-state index is 13.7. The average Bonchev–Trinajstić information content (AvgIpc) is 2.46. The molecule has 4 nitrogen and oxygen atoms in total. The lowest BCUT2D eigenvalue weighted by molar-refractivity contribution is -0.137. The lowest BCUT2D eigenvalue weighted by Crippen LogP contribution is -2.39. The fourth-order valence-electron chi connectivity index (χ4n) is 2.93. The number of halogens is 1. The van der Waals surface area contributed by atoms with Crippen LogP contribution >= 0.6 is 0 Å². The Morgan fingerprint density at radius 1 is 1.48 bits per heavy atom. The molecular weight excluding hydrogens is 273 g/mol. The van der Waals surface area contributed by atoms with E-state index in [2.05, 4.69) is 4.90 Å². The number of piperidine rings is 1. The molecule has 1 fully saturated rings. The number of carboxylic acids is 1. The molecule has 1 aliphatic rings. The summed E-state index contributed by atoms with van der Waals surface area (Å²) in [6.07, 6.45) is 4.12. The minimum absolute atomic E-state index is 0.193. The van der Waals surface area contributed by atoms with E-state index < -0.39 is 5.97 Å². The number of carboxylic acid groups (broad SMARTS) is 1. The molecule has 0 aliphatic carbocycles. The van der Waals surface area contributed by atoms with E-state index in [1.54, 1.807) is 6.07 Å². The number of carbonyl (C=O) groups is 1. The second-order valence-electron chi connectivity index (χ2n) is 5.52. The number of benzene rings is 1. The van der Waals surface area contributed by atoms with Gasteiger partial charge in [-0.2, -0.15) is 0 Å². The van der Waals surface area contributed by atoms with Crippen LogP contribution in [0.3, 0.4) is 0 Å². The Kier molecular flexibility index (Phi) is 5.56. The topological polar surface area (TPSA) is 49.8 Å². The van der Waals surface area contributed by atoms with E-state index in [1.807, 2.05) is 6.07 Å². The van der Waals surface area contributed by atoms with Crippen LogP contribution < -0.4 is 4.74 Å². The van der Waals surface area contributed by atoms with Crippen LogP contribution in [0.25, 0.3) is 0 Å². The van der Waals surface area contributed by atoms with Crippen molar-refractivity contribution in [1.29, 1.82) is 0 Å². The summed E-state index contributed by atoms with van der Waals surface area (Å²) in [5, 5.41) is 8.83. The second-order valence-corrected chi connectivity index (χ2v) is 5.52. The molecule has 1 aliphatic heterocycles. The Morgan fingerprint density at radius 3 is 2.95 bits per heavy atom. The summed E-state index contributed by atoms with van der Waals surface area (Å²) < 4.78 is 18.7. The van der Waals surface area contributed by atoms with Crippen LogP contribution in [0.2, 0.25) is 0 Å².